The molecule has 5 N–H and O–H groups in total. The summed E-state index contributed by atoms with van der Waals surface area (Å²) in [7, 11) is 0. The van der Waals surface area contributed by atoms with Crippen LogP contribution in [0.15, 0.2) is 66.7 Å². The lowest BCUT2D eigenvalue weighted by molar-refractivity contribution is -0.384. The number of carbonyl (C=O) groups excluding carboxylic acids is 2. The zero-order chi connectivity index (χ0) is 24.1. The smallest absolute Gasteiger partial charge is 0.269 e. The van der Waals surface area contributed by atoms with Gasteiger partial charge in [-0.1, -0.05) is 30.3 Å². The van der Waals surface area contributed by atoms with E-state index in [0.29, 0.717) is 0 Å². The lowest BCUT2D eigenvalue weighted by Gasteiger charge is -2.29. The second-order valence-corrected chi connectivity index (χ2v) is 7.32. The van der Waals surface area contributed by atoms with Gasteiger partial charge in [0.25, 0.3) is 11.6 Å². The highest BCUT2D eigenvalue weighted by Crippen LogP contribution is 2.29. The SMILES string of the molecule is C[C@H](N)C(=O)N[C@@H](Cc1ccccc1)C(=O)N(c1ccc([N+](=O)[O-])cc1)n1c(O)ccc1O. The molecule has 0 bridgehead atoms. The number of hydrogen-bond donors (Lipinski definition) is 4. The number of nitrogens with two attached hydrogens (primary N) is 1. The van der Waals surface area contributed by atoms with E-state index in [4.69, 9.17) is 5.73 Å². The number of aromatic nitrogens is 1. The van der Waals surface area contributed by atoms with Gasteiger partial charge < -0.3 is 21.3 Å². The fourth-order valence-corrected chi connectivity index (χ4v) is 3.17. The molecule has 0 saturated carbocycles. The van der Waals surface area contributed by atoms with Crippen molar-refractivity contribution in [2.45, 2.75) is 25.4 Å². The molecule has 0 fully saturated rings. The van der Waals surface area contributed by atoms with Crippen LogP contribution in [-0.2, 0) is 16.0 Å². The number of benzene rings is 2. The summed E-state index contributed by atoms with van der Waals surface area (Å²) in [4.78, 5) is 36.5. The molecule has 2 amide bonds. The summed E-state index contributed by atoms with van der Waals surface area (Å²) in [6.45, 7) is 1.47. The number of nitrogens with one attached hydrogen (secondary N) is 1. The quantitative estimate of drug-likeness (QED) is 0.298. The van der Waals surface area contributed by atoms with Gasteiger partial charge in [0.2, 0.25) is 17.7 Å². The van der Waals surface area contributed by atoms with Crippen LogP contribution in [0.2, 0.25) is 0 Å². The first kappa shape index (κ1) is 23.3. The maximum atomic E-state index is 13.7. The van der Waals surface area contributed by atoms with Crippen LogP contribution >= 0.6 is 0 Å². The minimum atomic E-state index is -1.14. The van der Waals surface area contributed by atoms with Crippen molar-refractivity contribution in [2.24, 2.45) is 5.73 Å². The van der Waals surface area contributed by atoms with Gasteiger partial charge in [0.05, 0.1) is 16.7 Å². The second kappa shape index (κ2) is 9.83. The van der Waals surface area contributed by atoms with Crippen molar-refractivity contribution >= 4 is 23.2 Å². The Labute approximate surface area is 188 Å². The van der Waals surface area contributed by atoms with Crippen LogP contribution in [0, 0.1) is 10.1 Å². The van der Waals surface area contributed by atoms with E-state index in [0.717, 1.165) is 15.2 Å². The van der Waals surface area contributed by atoms with Crippen LogP contribution in [0.4, 0.5) is 11.4 Å². The number of nitro groups is 1. The Morgan fingerprint density at radius 3 is 2.15 bits per heavy atom. The lowest BCUT2D eigenvalue weighted by atomic mass is 10.0. The molecule has 11 nitrogen and oxygen atoms in total. The Kier molecular flexibility index (Phi) is 6.94. The van der Waals surface area contributed by atoms with Crippen LogP contribution in [-0.4, -0.2) is 43.7 Å². The number of anilines is 1. The molecule has 33 heavy (non-hydrogen) atoms. The molecule has 0 aliphatic heterocycles. The van der Waals surface area contributed by atoms with Gasteiger partial charge in [0.1, 0.15) is 6.04 Å². The second-order valence-electron chi connectivity index (χ2n) is 7.32. The number of nitrogens with zero attached hydrogens (tertiary/aromatic N) is 3. The van der Waals surface area contributed by atoms with Gasteiger partial charge in [0.15, 0.2) is 0 Å². The molecule has 0 unspecified atom stereocenters. The van der Waals surface area contributed by atoms with Crippen molar-refractivity contribution in [3.8, 4) is 11.8 Å². The zero-order valence-electron chi connectivity index (χ0n) is 17.7. The first-order valence-corrected chi connectivity index (χ1v) is 9.97. The Hall–Kier alpha value is -4.38. The Morgan fingerprint density at radius 2 is 1.64 bits per heavy atom. The van der Waals surface area contributed by atoms with Gasteiger partial charge in [-0.05, 0) is 24.6 Å². The first-order chi connectivity index (χ1) is 15.7. The molecular formula is C22H23N5O6. The van der Waals surface area contributed by atoms with Gasteiger partial charge in [-0.25, -0.2) is 5.01 Å². The Balaban J connectivity index is 2.07. The molecular weight excluding hydrogens is 430 g/mol. The van der Waals surface area contributed by atoms with E-state index >= 15 is 0 Å². The number of hydrogen-bond acceptors (Lipinski definition) is 7. The van der Waals surface area contributed by atoms with E-state index in [1.54, 1.807) is 30.3 Å². The van der Waals surface area contributed by atoms with E-state index in [1.807, 2.05) is 0 Å². The number of carbonyl (C=O) groups is 2. The summed E-state index contributed by atoms with van der Waals surface area (Å²) in [5, 5.41) is 35.1. The molecule has 172 valence electrons. The number of amides is 2. The van der Waals surface area contributed by atoms with Gasteiger partial charge >= 0.3 is 0 Å². The van der Waals surface area contributed by atoms with Crippen molar-refractivity contribution in [2.75, 3.05) is 5.01 Å². The van der Waals surface area contributed by atoms with Gasteiger partial charge in [-0.3, -0.25) is 19.7 Å². The molecule has 2 aromatic carbocycles. The third-order valence-corrected chi connectivity index (χ3v) is 4.84. The summed E-state index contributed by atoms with van der Waals surface area (Å²) in [6, 6.07) is 14.2. The predicted octanol–water partition coefficient (Wildman–Crippen LogP) is 1.68. The molecule has 1 aromatic heterocycles. The largest absolute Gasteiger partial charge is 0.493 e. The van der Waals surface area contributed by atoms with Gasteiger partial charge in [-0.2, -0.15) is 4.68 Å². The molecule has 3 rings (SSSR count). The number of rotatable bonds is 8. The Morgan fingerprint density at radius 1 is 1.06 bits per heavy atom. The normalized spacial score (nSPS) is 12.5. The first-order valence-electron chi connectivity index (χ1n) is 9.97. The minimum Gasteiger partial charge on any atom is -0.493 e. The summed E-state index contributed by atoms with van der Waals surface area (Å²) in [5.74, 6) is -2.22. The van der Waals surface area contributed by atoms with Crippen LogP contribution in [0.3, 0.4) is 0 Å². The minimum absolute atomic E-state index is 0.0877. The average Bonchev–Trinajstić information content (AvgIpc) is 3.12. The molecule has 0 radical (unpaired) electrons. The molecule has 3 aromatic rings. The maximum Gasteiger partial charge on any atom is 0.269 e. The molecule has 0 aliphatic carbocycles. The summed E-state index contributed by atoms with van der Waals surface area (Å²) in [6.07, 6.45) is 0.0877. The molecule has 0 spiro atoms. The standard InChI is InChI=1S/C22H23N5O6/c1-14(23)21(30)24-18(13-15-5-3-2-4-6-15)22(31)25(26-19(28)11-12-20(26)29)16-7-9-17(10-8-16)27(32)33/h2-12,14,18,28-29H,13,23H2,1H3,(H,24,30)/t14-,18-/m0/s1. The fraction of sp³-hybridized carbons (Fsp3) is 0.182. The third kappa shape index (κ3) is 5.28. The van der Waals surface area contributed by atoms with Crippen molar-refractivity contribution in [1.82, 2.24) is 9.99 Å². The molecule has 2 atom stereocenters. The topological polar surface area (TPSA) is 164 Å². The molecule has 11 heteroatoms. The Bertz CT molecular complexity index is 1120. The highest BCUT2D eigenvalue weighted by molar-refractivity contribution is 6.00. The van der Waals surface area contributed by atoms with Crippen molar-refractivity contribution < 1.29 is 24.7 Å². The van der Waals surface area contributed by atoms with Crippen molar-refractivity contribution in [3.05, 3.63) is 82.4 Å². The van der Waals surface area contributed by atoms with Crippen molar-refractivity contribution in [1.29, 1.82) is 0 Å². The molecule has 0 aliphatic rings. The molecule has 0 saturated heterocycles. The number of non-ortho nitro benzene ring substituents is 1. The van der Waals surface area contributed by atoms with E-state index in [2.05, 4.69) is 5.32 Å². The third-order valence-electron chi connectivity index (χ3n) is 4.84. The maximum absolute atomic E-state index is 13.7. The molecule has 1 heterocycles. The summed E-state index contributed by atoms with van der Waals surface area (Å²) in [5.41, 5.74) is 6.31. The zero-order valence-corrected chi connectivity index (χ0v) is 17.7. The van der Waals surface area contributed by atoms with Crippen LogP contribution in [0.5, 0.6) is 11.8 Å². The highest BCUT2D eigenvalue weighted by Gasteiger charge is 2.32. The van der Waals surface area contributed by atoms with Crippen molar-refractivity contribution in [3.63, 3.8) is 0 Å². The van der Waals surface area contributed by atoms with Gasteiger partial charge in [-0.15, -0.1) is 0 Å². The number of nitro benzene ring substituents is 1. The van der Waals surface area contributed by atoms with Crippen LogP contribution in [0.25, 0.3) is 0 Å². The van der Waals surface area contributed by atoms with Gasteiger partial charge in [0, 0.05) is 30.7 Å². The van der Waals surface area contributed by atoms with Crippen LogP contribution in [0.1, 0.15) is 12.5 Å². The van der Waals surface area contributed by atoms with Crippen LogP contribution < -0.4 is 16.1 Å². The predicted molar refractivity (Wildman–Crippen MR) is 119 cm³/mol. The average molecular weight is 453 g/mol. The monoisotopic (exact) mass is 453 g/mol. The summed E-state index contributed by atoms with van der Waals surface area (Å²) < 4.78 is 0.833. The van der Waals surface area contributed by atoms with E-state index in [1.165, 1.54) is 43.3 Å². The lowest BCUT2D eigenvalue weighted by Crippen LogP contribution is -2.54. The van der Waals surface area contributed by atoms with E-state index in [-0.39, 0.29) is 17.8 Å². The van der Waals surface area contributed by atoms with E-state index < -0.39 is 40.6 Å². The highest BCUT2D eigenvalue weighted by atomic mass is 16.6. The van der Waals surface area contributed by atoms with E-state index in [9.17, 15) is 29.9 Å². The summed E-state index contributed by atoms with van der Waals surface area (Å²) >= 11 is 0. The fourth-order valence-electron chi connectivity index (χ4n) is 3.17. The number of aromatic hydroxyl groups is 2.